The predicted molar refractivity (Wildman–Crippen MR) is 82.9 cm³/mol. The Balaban J connectivity index is 1.48. The molecule has 124 valence electrons. The highest BCUT2D eigenvalue weighted by molar-refractivity contribution is 5.20. The summed E-state index contributed by atoms with van der Waals surface area (Å²) in [5.74, 6) is 2.14. The molecule has 0 spiro atoms. The summed E-state index contributed by atoms with van der Waals surface area (Å²) in [5.41, 5.74) is 0.313. The van der Waals surface area contributed by atoms with Crippen LogP contribution in [0.25, 0.3) is 0 Å². The number of hydrogen-bond donors (Lipinski definition) is 2. The van der Waals surface area contributed by atoms with Crippen molar-refractivity contribution in [3.63, 3.8) is 0 Å². The maximum absolute atomic E-state index is 10.8. The molecule has 22 heavy (non-hydrogen) atoms. The molecule has 1 saturated heterocycles. The van der Waals surface area contributed by atoms with E-state index < -0.39 is 5.79 Å². The highest BCUT2D eigenvalue weighted by Crippen LogP contribution is 2.72. The van der Waals surface area contributed by atoms with E-state index in [0.717, 1.165) is 43.4 Å². The van der Waals surface area contributed by atoms with E-state index in [0.29, 0.717) is 11.3 Å². The molecule has 5 fully saturated rings. The first kappa shape index (κ1) is 14.2. The summed E-state index contributed by atoms with van der Waals surface area (Å²) in [7, 11) is 0. The molecule has 4 aliphatic carbocycles. The van der Waals surface area contributed by atoms with Crippen molar-refractivity contribution in [2.45, 2.75) is 83.2 Å². The van der Waals surface area contributed by atoms with Crippen molar-refractivity contribution >= 4 is 0 Å². The van der Waals surface area contributed by atoms with Gasteiger partial charge >= 0.3 is 0 Å². The van der Waals surface area contributed by atoms with Gasteiger partial charge in [0.2, 0.25) is 0 Å². The second-order valence-electron chi connectivity index (χ2n) is 9.59. The molecule has 9 atom stereocenters. The van der Waals surface area contributed by atoms with Gasteiger partial charge in [-0.25, -0.2) is 0 Å². The SMILES string of the molecule is C[C@]12C[C@H](O)CC[C@@H]1CC[C@@H]1[C@@H]2CC[C@@]2(C)[C@H]1C[C@H]1O[C@@]12O. The number of rotatable bonds is 0. The fraction of sp³-hybridized carbons (Fsp3) is 1.00. The summed E-state index contributed by atoms with van der Waals surface area (Å²) in [6, 6.07) is 0. The number of fused-ring (bicyclic) bond motifs is 7. The minimum absolute atomic E-state index is 0.0185. The van der Waals surface area contributed by atoms with Crippen molar-refractivity contribution in [2.24, 2.45) is 34.5 Å². The second-order valence-corrected chi connectivity index (χ2v) is 9.59. The maximum Gasteiger partial charge on any atom is 0.198 e. The van der Waals surface area contributed by atoms with E-state index in [2.05, 4.69) is 13.8 Å². The summed E-state index contributed by atoms with van der Waals surface area (Å²) < 4.78 is 5.66. The number of hydrogen-bond acceptors (Lipinski definition) is 3. The van der Waals surface area contributed by atoms with Gasteiger partial charge in [0.25, 0.3) is 0 Å². The molecule has 4 saturated carbocycles. The molecule has 0 aromatic carbocycles. The van der Waals surface area contributed by atoms with Crippen molar-refractivity contribution in [2.75, 3.05) is 0 Å². The van der Waals surface area contributed by atoms with Crippen LogP contribution in [0, 0.1) is 34.5 Å². The van der Waals surface area contributed by atoms with E-state index in [1.807, 2.05) is 0 Å². The Labute approximate surface area is 133 Å². The molecule has 3 nitrogen and oxygen atoms in total. The average molecular weight is 306 g/mol. The van der Waals surface area contributed by atoms with Crippen LogP contribution in [0.3, 0.4) is 0 Å². The lowest BCUT2D eigenvalue weighted by Gasteiger charge is -2.61. The van der Waals surface area contributed by atoms with Crippen LogP contribution < -0.4 is 0 Å². The van der Waals surface area contributed by atoms with Gasteiger partial charge in [-0.05, 0) is 80.5 Å². The monoisotopic (exact) mass is 306 g/mol. The van der Waals surface area contributed by atoms with Crippen LogP contribution in [0.1, 0.15) is 65.2 Å². The molecular formula is C19H30O3. The summed E-state index contributed by atoms with van der Waals surface area (Å²) in [6.07, 6.45) is 9.32. The second kappa shape index (κ2) is 4.10. The number of ether oxygens (including phenoxy) is 1. The van der Waals surface area contributed by atoms with Gasteiger partial charge in [0, 0.05) is 5.41 Å². The van der Waals surface area contributed by atoms with Crippen LogP contribution in [0.4, 0.5) is 0 Å². The predicted octanol–water partition coefficient (Wildman–Crippen LogP) is 3.09. The quantitative estimate of drug-likeness (QED) is 0.676. The molecule has 0 aromatic heterocycles. The third kappa shape index (κ3) is 1.49. The lowest BCUT2D eigenvalue weighted by molar-refractivity contribution is -0.178. The molecule has 0 bridgehead atoms. The molecule has 0 amide bonds. The van der Waals surface area contributed by atoms with Crippen molar-refractivity contribution in [1.82, 2.24) is 0 Å². The first-order chi connectivity index (χ1) is 10.4. The Morgan fingerprint density at radius 3 is 2.59 bits per heavy atom. The molecule has 1 heterocycles. The summed E-state index contributed by atoms with van der Waals surface area (Å²) in [4.78, 5) is 0. The van der Waals surface area contributed by atoms with Crippen molar-refractivity contribution < 1.29 is 14.9 Å². The largest absolute Gasteiger partial charge is 0.393 e. The van der Waals surface area contributed by atoms with Crippen LogP contribution in [-0.2, 0) is 4.74 Å². The molecule has 5 rings (SSSR count). The van der Waals surface area contributed by atoms with Gasteiger partial charge in [-0.2, -0.15) is 0 Å². The van der Waals surface area contributed by atoms with Gasteiger partial charge in [-0.1, -0.05) is 13.8 Å². The lowest BCUT2D eigenvalue weighted by atomic mass is 9.45. The molecule has 0 aromatic rings. The minimum Gasteiger partial charge on any atom is -0.393 e. The van der Waals surface area contributed by atoms with Crippen LogP contribution in [-0.4, -0.2) is 28.2 Å². The zero-order chi connectivity index (χ0) is 15.3. The normalized spacial score (nSPS) is 66.0. The summed E-state index contributed by atoms with van der Waals surface area (Å²) in [5, 5.41) is 21.1. The van der Waals surface area contributed by atoms with Crippen molar-refractivity contribution in [3.8, 4) is 0 Å². The third-order valence-electron chi connectivity index (χ3n) is 8.97. The van der Waals surface area contributed by atoms with Gasteiger partial charge in [-0.3, -0.25) is 0 Å². The van der Waals surface area contributed by atoms with Crippen LogP contribution >= 0.6 is 0 Å². The van der Waals surface area contributed by atoms with E-state index in [1.165, 1.54) is 25.7 Å². The highest BCUT2D eigenvalue weighted by Gasteiger charge is 2.77. The van der Waals surface area contributed by atoms with Gasteiger partial charge < -0.3 is 14.9 Å². The van der Waals surface area contributed by atoms with Gasteiger partial charge in [0.1, 0.15) is 6.10 Å². The zero-order valence-corrected chi connectivity index (χ0v) is 13.9. The number of aliphatic hydroxyl groups is 2. The lowest BCUT2D eigenvalue weighted by Crippen LogP contribution is -2.55. The van der Waals surface area contributed by atoms with Crippen LogP contribution in [0.2, 0.25) is 0 Å². The van der Waals surface area contributed by atoms with Crippen LogP contribution in [0.5, 0.6) is 0 Å². The molecule has 0 radical (unpaired) electrons. The minimum atomic E-state index is -0.799. The van der Waals surface area contributed by atoms with E-state index in [9.17, 15) is 10.2 Å². The molecule has 2 N–H and O–H groups in total. The zero-order valence-electron chi connectivity index (χ0n) is 13.9. The van der Waals surface area contributed by atoms with Gasteiger partial charge in [0.05, 0.1) is 6.10 Å². The van der Waals surface area contributed by atoms with Gasteiger partial charge in [-0.15, -0.1) is 0 Å². The Kier molecular flexibility index (Phi) is 2.65. The van der Waals surface area contributed by atoms with E-state index in [4.69, 9.17) is 4.74 Å². The summed E-state index contributed by atoms with van der Waals surface area (Å²) >= 11 is 0. The number of epoxide rings is 1. The van der Waals surface area contributed by atoms with E-state index >= 15 is 0 Å². The van der Waals surface area contributed by atoms with E-state index in [1.54, 1.807) is 0 Å². The first-order valence-corrected chi connectivity index (χ1v) is 9.47. The first-order valence-electron chi connectivity index (χ1n) is 9.47. The third-order valence-corrected chi connectivity index (χ3v) is 8.97. The topological polar surface area (TPSA) is 53.0 Å². The van der Waals surface area contributed by atoms with Crippen molar-refractivity contribution in [3.05, 3.63) is 0 Å². The van der Waals surface area contributed by atoms with Crippen LogP contribution in [0.15, 0.2) is 0 Å². The smallest absolute Gasteiger partial charge is 0.198 e. The Bertz CT molecular complexity index is 507. The maximum atomic E-state index is 10.8. The van der Waals surface area contributed by atoms with Crippen molar-refractivity contribution in [1.29, 1.82) is 0 Å². The molecule has 3 heteroatoms. The fourth-order valence-corrected chi connectivity index (χ4v) is 7.65. The van der Waals surface area contributed by atoms with Gasteiger partial charge in [0.15, 0.2) is 5.79 Å². The molecule has 1 aliphatic heterocycles. The number of aliphatic hydroxyl groups excluding tert-OH is 1. The Morgan fingerprint density at radius 1 is 1.00 bits per heavy atom. The molecule has 5 aliphatic rings. The standard InChI is InChI=1S/C19H30O3/c1-17-10-12(20)5-3-11(17)4-6-13-14(17)7-8-18(2)15(13)9-16-19(18,21)22-16/h11-16,20-21H,3-10H2,1-2H3/t11-,12-,13-,14+,15+,16-,17+,18+,19+/m1/s1. The highest BCUT2D eigenvalue weighted by atomic mass is 16.7. The fourth-order valence-electron chi connectivity index (χ4n) is 7.65. The van der Waals surface area contributed by atoms with E-state index in [-0.39, 0.29) is 17.6 Å². The Morgan fingerprint density at radius 2 is 1.77 bits per heavy atom. The Hall–Kier alpha value is -0.120. The molecule has 0 unspecified atom stereocenters. The summed E-state index contributed by atoms with van der Waals surface area (Å²) in [6.45, 7) is 4.76. The average Bonchev–Trinajstić information content (AvgIpc) is 3.07. The molecular weight excluding hydrogens is 276 g/mol.